The minimum absolute atomic E-state index is 0.0936. The van der Waals surface area contributed by atoms with Gasteiger partial charge in [0, 0.05) is 6.42 Å². The van der Waals surface area contributed by atoms with Crippen LogP contribution in [0, 0.1) is 5.92 Å². The van der Waals surface area contributed by atoms with E-state index in [9.17, 15) is 19.5 Å². The maximum atomic E-state index is 12.7. The van der Waals surface area contributed by atoms with Crippen molar-refractivity contribution in [1.29, 1.82) is 0 Å². The number of ether oxygens (including phenoxy) is 1. The Bertz CT molecular complexity index is 697. The van der Waals surface area contributed by atoms with Gasteiger partial charge in [-0.3, -0.25) is 9.59 Å². The van der Waals surface area contributed by atoms with Gasteiger partial charge in [-0.1, -0.05) is 51.1 Å². The van der Waals surface area contributed by atoms with E-state index in [-0.39, 0.29) is 24.5 Å². The molecule has 0 saturated carbocycles. The number of benzene rings is 1. The van der Waals surface area contributed by atoms with Crippen molar-refractivity contribution in [2.75, 3.05) is 0 Å². The summed E-state index contributed by atoms with van der Waals surface area (Å²) < 4.78 is 5.28. The van der Waals surface area contributed by atoms with Gasteiger partial charge in [0.25, 0.3) is 5.91 Å². The molecular formula is C23H36N2O5. The lowest BCUT2D eigenvalue weighted by molar-refractivity contribution is -0.134. The van der Waals surface area contributed by atoms with Crippen LogP contribution in [0.3, 0.4) is 0 Å². The summed E-state index contributed by atoms with van der Waals surface area (Å²) in [5, 5.41) is 16.0. The predicted octanol–water partition coefficient (Wildman–Crippen LogP) is 2.99. The molecule has 0 aliphatic heterocycles. The summed E-state index contributed by atoms with van der Waals surface area (Å²) in [6.45, 7) is 10.8. The fourth-order valence-corrected chi connectivity index (χ4v) is 3.00. The largest absolute Gasteiger partial charge is 0.444 e. The first-order chi connectivity index (χ1) is 13.9. The number of amides is 2. The fraction of sp³-hybridized carbons (Fsp3) is 0.609. The molecule has 0 spiro atoms. The number of aliphatic hydroxyl groups excluding tert-OH is 1. The number of carbonyl (C=O) groups excluding carboxylic acids is 3. The Morgan fingerprint density at radius 2 is 1.67 bits per heavy atom. The Morgan fingerprint density at radius 1 is 1.07 bits per heavy atom. The number of Topliss-reactive ketones (excluding diaryl/α,β-unsaturated/α-hetero) is 1. The summed E-state index contributed by atoms with van der Waals surface area (Å²) in [5.41, 5.74) is 0.124. The van der Waals surface area contributed by atoms with Gasteiger partial charge in [0.1, 0.15) is 5.60 Å². The highest BCUT2D eigenvalue weighted by Crippen LogP contribution is 2.12. The van der Waals surface area contributed by atoms with Crippen LogP contribution < -0.4 is 10.6 Å². The van der Waals surface area contributed by atoms with E-state index < -0.39 is 35.8 Å². The van der Waals surface area contributed by atoms with Crippen molar-refractivity contribution in [3.63, 3.8) is 0 Å². The number of hydrogen-bond acceptors (Lipinski definition) is 5. The molecule has 0 fully saturated rings. The zero-order valence-corrected chi connectivity index (χ0v) is 18.9. The average molecular weight is 421 g/mol. The van der Waals surface area contributed by atoms with E-state index in [1.165, 1.54) is 0 Å². The van der Waals surface area contributed by atoms with Gasteiger partial charge in [-0.05, 0) is 45.1 Å². The highest BCUT2D eigenvalue weighted by atomic mass is 16.6. The highest BCUT2D eigenvalue weighted by Gasteiger charge is 2.32. The number of aliphatic hydroxyl groups is 1. The van der Waals surface area contributed by atoms with Gasteiger partial charge < -0.3 is 20.5 Å². The first-order valence-corrected chi connectivity index (χ1v) is 10.5. The smallest absolute Gasteiger partial charge is 0.407 e. The van der Waals surface area contributed by atoms with E-state index in [1.807, 2.05) is 44.2 Å². The maximum absolute atomic E-state index is 12.7. The molecule has 0 saturated heterocycles. The van der Waals surface area contributed by atoms with E-state index in [1.54, 1.807) is 27.7 Å². The molecule has 0 aromatic heterocycles. The summed E-state index contributed by atoms with van der Waals surface area (Å²) >= 11 is 0. The topological polar surface area (TPSA) is 105 Å². The van der Waals surface area contributed by atoms with Crippen LogP contribution in [0.5, 0.6) is 0 Å². The second kappa shape index (κ2) is 11.7. The molecule has 1 aromatic carbocycles. The van der Waals surface area contributed by atoms with E-state index >= 15 is 0 Å². The number of nitrogens with one attached hydrogen (secondary N) is 2. The Labute approximate surface area is 179 Å². The summed E-state index contributed by atoms with van der Waals surface area (Å²) in [5.74, 6) is -0.591. The molecule has 0 unspecified atom stereocenters. The molecule has 2 amide bonds. The van der Waals surface area contributed by atoms with Crippen molar-refractivity contribution in [3.05, 3.63) is 35.9 Å². The zero-order valence-electron chi connectivity index (χ0n) is 18.9. The lowest BCUT2D eigenvalue weighted by atomic mass is 9.97. The molecular weight excluding hydrogens is 384 g/mol. The van der Waals surface area contributed by atoms with Gasteiger partial charge in [0.2, 0.25) is 0 Å². The minimum Gasteiger partial charge on any atom is -0.444 e. The fourth-order valence-electron chi connectivity index (χ4n) is 3.00. The molecule has 0 radical (unpaired) electrons. The third-order valence-corrected chi connectivity index (χ3v) is 4.41. The number of carbonyl (C=O) groups is 3. The van der Waals surface area contributed by atoms with E-state index in [0.29, 0.717) is 6.42 Å². The van der Waals surface area contributed by atoms with Gasteiger partial charge in [0.15, 0.2) is 11.9 Å². The van der Waals surface area contributed by atoms with Crippen LogP contribution in [0.25, 0.3) is 0 Å². The molecule has 3 atom stereocenters. The molecule has 1 rings (SSSR count). The Hall–Kier alpha value is -2.41. The molecule has 7 nitrogen and oxygen atoms in total. The normalized spacial score (nSPS) is 14.5. The molecule has 1 aromatic rings. The van der Waals surface area contributed by atoms with Crippen molar-refractivity contribution >= 4 is 17.8 Å². The second-order valence-corrected chi connectivity index (χ2v) is 8.90. The summed E-state index contributed by atoms with van der Waals surface area (Å²) in [6, 6.07) is 7.63. The van der Waals surface area contributed by atoms with Crippen LogP contribution in [-0.2, 0) is 20.7 Å². The monoisotopic (exact) mass is 420 g/mol. The van der Waals surface area contributed by atoms with Crippen molar-refractivity contribution in [2.45, 2.75) is 84.6 Å². The molecule has 0 aliphatic carbocycles. The van der Waals surface area contributed by atoms with Crippen LogP contribution >= 0.6 is 0 Å². The predicted molar refractivity (Wildman–Crippen MR) is 116 cm³/mol. The first kappa shape index (κ1) is 25.6. The standard InChI is InChI=1S/C23H36N2O5/c1-7-19(26)17(13-15(2)3)24-21(28)20(27)18(14-16-11-9-8-10-12-16)25-22(29)30-23(4,5)6/h8-12,15,17-18,20,27H,7,13-14H2,1-6H3,(H,24,28)(H,25,29)/t17-,18+,20-/m0/s1. The van der Waals surface area contributed by atoms with Gasteiger partial charge in [0.05, 0.1) is 12.1 Å². The van der Waals surface area contributed by atoms with Crippen LogP contribution in [0.2, 0.25) is 0 Å². The lowest BCUT2D eigenvalue weighted by Gasteiger charge is -2.28. The molecule has 0 bridgehead atoms. The maximum Gasteiger partial charge on any atom is 0.407 e. The number of alkyl carbamates (subject to hydrolysis) is 1. The van der Waals surface area contributed by atoms with E-state index in [0.717, 1.165) is 5.56 Å². The van der Waals surface area contributed by atoms with Gasteiger partial charge in [-0.15, -0.1) is 0 Å². The van der Waals surface area contributed by atoms with Gasteiger partial charge in [-0.25, -0.2) is 4.79 Å². The van der Waals surface area contributed by atoms with Crippen molar-refractivity contribution < 1.29 is 24.2 Å². The first-order valence-electron chi connectivity index (χ1n) is 10.5. The van der Waals surface area contributed by atoms with Gasteiger partial charge >= 0.3 is 6.09 Å². The lowest BCUT2D eigenvalue weighted by Crippen LogP contribution is -2.55. The van der Waals surface area contributed by atoms with Crippen LogP contribution in [0.1, 0.15) is 59.9 Å². The van der Waals surface area contributed by atoms with Crippen LogP contribution in [0.15, 0.2) is 30.3 Å². The summed E-state index contributed by atoms with van der Waals surface area (Å²) in [7, 11) is 0. The van der Waals surface area contributed by atoms with Gasteiger partial charge in [-0.2, -0.15) is 0 Å². The van der Waals surface area contributed by atoms with Crippen molar-refractivity contribution in [2.24, 2.45) is 5.92 Å². The quantitative estimate of drug-likeness (QED) is 0.540. The SMILES string of the molecule is CCC(=O)[C@H](CC(C)C)NC(=O)[C@@H](O)[C@@H](Cc1ccccc1)NC(=O)OC(C)(C)C. The number of hydrogen-bond donors (Lipinski definition) is 3. The van der Waals surface area contributed by atoms with Crippen molar-refractivity contribution in [1.82, 2.24) is 10.6 Å². The molecule has 0 heterocycles. The summed E-state index contributed by atoms with van der Waals surface area (Å²) in [4.78, 5) is 37.2. The van der Waals surface area contributed by atoms with Crippen LogP contribution in [0.4, 0.5) is 4.79 Å². The number of ketones is 1. The molecule has 30 heavy (non-hydrogen) atoms. The molecule has 3 N–H and O–H groups in total. The molecule has 168 valence electrons. The Balaban J connectivity index is 2.98. The zero-order chi connectivity index (χ0) is 22.9. The van der Waals surface area contributed by atoms with E-state index in [4.69, 9.17) is 4.74 Å². The second-order valence-electron chi connectivity index (χ2n) is 8.90. The highest BCUT2D eigenvalue weighted by molar-refractivity contribution is 5.90. The molecule has 7 heteroatoms. The van der Waals surface area contributed by atoms with Crippen LogP contribution in [-0.4, -0.2) is 46.7 Å². The third-order valence-electron chi connectivity index (χ3n) is 4.41. The Kier molecular flexibility index (Phi) is 9.99. The average Bonchev–Trinajstić information content (AvgIpc) is 2.64. The van der Waals surface area contributed by atoms with Crippen molar-refractivity contribution in [3.8, 4) is 0 Å². The number of rotatable bonds is 10. The molecule has 0 aliphatic rings. The summed E-state index contributed by atoms with van der Waals surface area (Å²) in [6.07, 6.45) is -1.27. The third kappa shape index (κ3) is 9.39. The minimum atomic E-state index is -1.54. The Morgan fingerprint density at radius 3 is 2.17 bits per heavy atom. The van der Waals surface area contributed by atoms with E-state index in [2.05, 4.69) is 10.6 Å².